The molecule has 0 aromatic carbocycles. The molecule has 0 saturated heterocycles. The van der Waals surface area contributed by atoms with E-state index in [-0.39, 0.29) is 30.6 Å². The summed E-state index contributed by atoms with van der Waals surface area (Å²) in [5.41, 5.74) is 2.61. The van der Waals surface area contributed by atoms with Gasteiger partial charge in [0.2, 0.25) is 0 Å². The van der Waals surface area contributed by atoms with Crippen LogP contribution in [0.15, 0.2) is 0 Å². The van der Waals surface area contributed by atoms with Crippen LogP contribution in [-0.2, 0) is 11.2 Å². The van der Waals surface area contributed by atoms with Gasteiger partial charge >= 0.3 is 5.97 Å². The molecule has 0 atom stereocenters. The van der Waals surface area contributed by atoms with E-state index in [1.165, 1.54) is 0 Å². The average Bonchev–Trinajstić information content (AvgIpc) is 2.80. The second-order valence-electron chi connectivity index (χ2n) is 6.54. The number of carboxylic acids is 1. The number of aryl methyl sites for hydroxylation is 1. The molecule has 0 spiro atoms. The van der Waals surface area contributed by atoms with Crippen LogP contribution in [0.3, 0.4) is 0 Å². The number of aromatic nitrogens is 1. The summed E-state index contributed by atoms with van der Waals surface area (Å²) in [7, 11) is 0. The lowest BCUT2D eigenvalue weighted by molar-refractivity contribution is -0.137. The van der Waals surface area contributed by atoms with Crippen molar-refractivity contribution in [1.29, 1.82) is 0 Å². The minimum absolute atomic E-state index is 0.0833. The smallest absolute Gasteiger partial charge is 0.305 e. The zero-order valence-corrected chi connectivity index (χ0v) is 13.9. The van der Waals surface area contributed by atoms with Gasteiger partial charge in [0.25, 0.3) is 5.91 Å². The summed E-state index contributed by atoms with van der Waals surface area (Å²) in [4.78, 5) is 40.4. The van der Waals surface area contributed by atoms with Crippen LogP contribution in [0.1, 0.15) is 65.2 Å². The Bertz CT molecular complexity index is 631. The van der Waals surface area contributed by atoms with E-state index in [4.69, 9.17) is 5.11 Å². The Morgan fingerprint density at radius 1 is 1.30 bits per heavy atom. The van der Waals surface area contributed by atoms with E-state index >= 15 is 0 Å². The fourth-order valence-corrected chi connectivity index (χ4v) is 3.09. The van der Waals surface area contributed by atoms with Crippen LogP contribution in [-0.4, -0.2) is 45.7 Å². The molecule has 0 saturated carbocycles. The highest BCUT2D eigenvalue weighted by Gasteiger charge is 2.28. The van der Waals surface area contributed by atoms with Crippen LogP contribution in [0.25, 0.3) is 0 Å². The molecule has 1 aromatic rings. The van der Waals surface area contributed by atoms with Crippen molar-refractivity contribution in [3.63, 3.8) is 0 Å². The number of carbonyl (C=O) groups is 3. The third kappa shape index (κ3) is 3.81. The summed E-state index contributed by atoms with van der Waals surface area (Å²) in [6, 6.07) is 0. The van der Waals surface area contributed by atoms with Gasteiger partial charge in [-0.2, -0.15) is 0 Å². The molecule has 1 aromatic heterocycles. The number of amides is 1. The van der Waals surface area contributed by atoms with Crippen LogP contribution in [0.5, 0.6) is 0 Å². The average molecular weight is 320 g/mol. The Labute approximate surface area is 135 Å². The quantitative estimate of drug-likeness (QED) is 0.842. The molecule has 23 heavy (non-hydrogen) atoms. The SMILES string of the molecule is Cc1c(C(=O)N(CCC(=O)O)CC(C)C)[nH]c2c1C(=O)CCC2. The number of H-pyrrole nitrogens is 1. The number of fused-ring (bicyclic) bond motifs is 1. The number of aromatic amines is 1. The molecule has 6 heteroatoms. The standard InChI is InChI=1S/C17H24N2O4/c1-10(2)9-19(8-7-14(21)22)17(23)16-11(3)15-12(18-16)5-4-6-13(15)20/h10,18H,4-9H2,1-3H3,(H,21,22). The first-order chi connectivity index (χ1) is 10.8. The van der Waals surface area contributed by atoms with Crippen molar-refractivity contribution in [2.45, 2.75) is 46.5 Å². The largest absolute Gasteiger partial charge is 0.481 e. The summed E-state index contributed by atoms with van der Waals surface area (Å²) in [6.07, 6.45) is 2.01. The lowest BCUT2D eigenvalue weighted by Crippen LogP contribution is -2.36. The highest BCUT2D eigenvalue weighted by Crippen LogP contribution is 2.27. The third-order valence-corrected chi connectivity index (χ3v) is 4.12. The molecule has 6 nitrogen and oxygen atoms in total. The van der Waals surface area contributed by atoms with E-state index in [0.29, 0.717) is 29.8 Å². The fourth-order valence-electron chi connectivity index (χ4n) is 3.09. The molecule has 126 valence electrons. The normalized spacial score (nSPS) is 14.0. The van der Waals surface area contributed by atoms with Crippen LogP contribution in [0, 0.1) is 12.8 Å². The van der Waals surface area contributed by atoms with Crippen molar-refractivity contribution in [2.24, 2.45) is 5.92 Å². The second-order valence-corrected chi connectivity index (χ2v) is 6.54. The number of ketones is 1. The number of carbonyl (C=O) groups excluding carboxylic acids is 2. The van der Waals surface area contributed by atoms with Gasteiger partial charge in [-0.3, -0.25) is 14.4 Å². The summed E-state index contributed by atoms with van der Waals surface area (Å²) in [6.45, 7) is 6.41. The minimum atomic E-state index is -0.927. The number of Topliss-reactive ketones (excluding diaryl/α,β-unsaturated/α-hetero) is 1. The molecule has 2 rings (SSSR count). The fraction of sp³-hybridized carbons (Fsp3) is 0.588. The molecule has 2 N–H and O–H groups in total. The van der Waals surface area contributed by atoms with Gasteiger partial charge < -0.3 is 15.0 Å². The van der Waals surface area contributed by atoms with Crippen molar-refractivity contribution >= 4 is 17.7 Å². The van der Waals surface area contributed by atoms with Gasteiger partial charge in [0.1, 0.15) is 5.69 Å². The van der Waals surface area contributed by atoms with E-state index in [0.717, 1.165) is 18.5 Å². The number of hydrogen-bond acceptors (Lipinski definition) is 3. The lowest BCUT2D eigenvalue weighted by Gasteiger charge is -2.24. The van der Waals surface area contributed by atoms with Crippen molar-refractivity contribution in [3.8, 4) is 0 Å². The lowest BCUT2D eigenvalue weighted by atomic mass is 9.93. The first kappa shape index (κ1) is 17.2. The maximum Gasteiger partial charge on any atom is 0.305 e. The number of aliphatic carboxylic acids is 1. The zero-order chi connectivity index (χ0) is 17.1. The Hall–Kier alpha value is -2.11. The van der Waals surface area contributed by atoms with Gasteiger partial charge in [0.15, 0.2) is 5.78 Å². The van der Waals surface area contributed by atoms with Crippen LogP contribution >= 0.6 is 0 Å². The van der Waals surface area contributed by atoms with Crippen molar-refractivity contribution < 1.29 is 19.5 Å². The van der Waals surface area contributed by atoms with E-state index in [2.05, 4.69) is 4.98 Å². The van der Waals surface area contributed by atoms with E-state index < -0.39 is 5.97 Å². The summed E-state index contributed by atoms with van der Waals surface area (Å²) in [5, 5.41) is 8.88. The van der Waals surface area contributed by atoms with E-state index in [1.807, 2.05) is 13.8 Å². The van der Waals surface area contributed by atoms with Crippen LogP contribution in [0.4, 0.5) is 0 Å². The maximum absolute atomic E-state index is 12.8. The predicted octanol–water partition coefficient (Wildman–Crippen LogP) is 2.42. The van der Waals surface area contributed by atoms with Crippen molar-refractivity contribution in [3.05, 3.63) is 22.5 Å². The molecular weight excluding hydrogens is 296 g/mol. The Morgan fingerprint density at radius 3 is 2.57 bits per heavy atom. The number of hydrogen-bond donors (Lipinski definition) is 2. The number of carboxylic acid groups (broad SMARTS) is 1. The Morgan fingerprint density at radius 2 is 2.00 bits per heavy atom. The van der Waals surface area contributed by atoms with Gasteiger partial charge in [-0.05, 0) is 31.2 Å². The molecule has 1 aliphatic carbocycles. The molecular formula is C17H24N2O4. The highest BCUT2D eigenvalue weighted by molar-refractivity contribution is 6.04. The zero-order valence-electron chi connectivity index (χ0n) is 13.9. The predicted molar refractivity (Wildman–Crippen MR) is 85.8 cm³/mol. The Kier molecular flexibility index (Phi) is 5.23. The monoisotopic (exact) mass is 320 g/mol. The summed E-state index contributed by atoms with van der Waals surface area (Å²) in [5.74, 6) is -0.830. The molecule has 0 radical (unpaired) electrons. The van der Waals surface area contributed by atoms with Gasteiger partial charge in [-0.25, -0.2) is 0 Å². The molecule has 0 bridgehead atoms. The first-order valence-electron chi connectivity index (χ1n) is 8.07. The van der Waals surface area contributed by atoms with Crippen LogP contribution < -0.4 is 0 Å². The molecule has 0 fully saturated rings. The maximum atomic E-state index is 12.8. The van der Waals surface area contributed by atoms with E-state index in [1.54, 1.807) is 11.8 Å². The number of nitrogens with one attached hydrogen (secondary N) is 1. The van der Waals surface area contributed by atoms with Crippen LogP contribution in [0.2, 0.25) is 0 Å². The summed E-state index contributed by atoms with van der Waals surface area (Å²) < 4.78 is 0. The highest BCUT2D eigenvalue weighted by atomic mass is 16.4. The topological polar surface area (TPSA) is 90.5 Å². The second kappa shape index (κ2) is 6.98. The van der Waals surface area contributed by atoms with Gasteiger partial charge in [0, 0.05) is 30.8 Å². The molecule has 1 aliphatic rings. The number of nitrogens with zero attached hydrogens (tertiary/aromatic N) is 1. The van der Waals surface area contributed by atoms with Crippen molar-refractivity contribution in [1.82, 2.24) is 9.88 Å². The van der Waals surface area contributed by atoms with Gasteiger partial charge in [-0.15, -0.1) is 0 Å². The Balaban J connectivity index is 2.29. The third-order valence-electron chi connectivity index (χ3n) is 4.12. The molecule has 0 aliphatic heterocycles. The van der Waals surface area contributed by atoms with E-state index in [9.17, 15) is 14.4 Å². The van der Waals surface area contributed by atoms with Crippen molar-refractivity contribution in [2.75, 3.05) is 13.1 Å². The summed E-state index contributed by atoms with van der Waals surface area (Å²) >= 11 is 0. The molecule has 1 heterocycles. The molecule has 1 amide bonds. The van der Waals surface area contributed by atoms with Gasteiger partial charge in [0.05, 0.1) is 6.42 Å². The minimum Gasteiger partial charge on any atom is -0.481 e. The van der Waals surface area contributed by atoms with Gasteiger partial charge in [-0.1, -0.05) is 13.8 Å². The first-order valence-corrected chi connectivity index (χ1v) is 8.07. The molecule has 0 unspecified atom stereocenters. The number of rotatable bonds is 6.